The van der Waals surface area contributed by atoms with Crippen LogP contribution in [0.3, 0.4) is 0 Å². The van der Waals surface area contributed by atoms with Gasteiger partial charge in [0, 0.05) is 22.1 Å². The van der Waals surface area contributed by atoms with Gasteiger partial charge in [-0.15, -0.1) is 0 Å². The molecule has 8 aromatic rings. The fourth-order valence-corrected chi connectivity index (χ4v) is 10.1. The fraction of sp³-hybridized carbons (Fsp3) is 0.102. The number of hydrogen-bond donors (Lipinski definition) is 0. The summed E-state index contributed by atoms with van der Waals surface area (Å²) in [4.78, 5) is 16.1. The highest BCUT2D eigenvalue weighted by molar-refractivity contribution is 6.03. The van der Waals surface area contributed by atoms with Crippen molar-refractivity contribution in [3.05, 3.63) is 252 Å². The molecule has 0 N–H and O–H groups in total. The summed E-state index contributed by atoms with van der Waals surface area (Å²) in [6.45, 7) is 17.0. The molecule has 0 saturated carbocycles. The summed E-state index contributed by atoms with van der Waals surface area (Å²) in [5.41, 5.74) is 16.2. The average Bonchev–Trinajstić information content (AvgIpc) is 3.74. The van der Waals surface area contributed by atoms with E-state index in [1.54, 1.807) is 6.08 Å². The SMILES string of the molecule is C=C\C=C/C(C(=C)C)=C(/C=C\C)c1nc(-c2ccc3c(c2)C(C)(C)c2ccc4ccccc4c2-3)nc(-c2ccc3c(c2)C(c2ccccc2)(c2ccccc2)c2ccccc2-3)n1. The third-order valence-electron chi connectivity index (χ3n) is 12.9. The van der Waals surface area contributed by atoms with Gasteiger partial charge in [-0.25, -0.2) is 15.0 Å². The number of hydrogen-bond acceptors (Lipinski definition) is 3. The van der Waals surface area contributed by atoms with Gasteiger partial charge in [-0.2, -0.15) is 0 Å². The molecule has 0 spiro atoms. The summed E-state index contributed by atoms with van der Waals surface area (Å²) >= 11 is 0. The quantitative estimate of drug-likeness (QED) is 0.137. The van der Waals surface area contributed by atoms with Crippen LogP contribution in [0, 0.1) is 0 Å². The first-order chi connectivity index (χ1) is 30.2. The van der Waals surface area contributed by atoms with Gasteiger partial charge in [0.1, 0.15) is 0 Å². The number of benzene rings is 7. The van der Waals surface area contributed by atoms with Crippen molar-refractivity contribution in [1.29, 1.82) is 0 Å². The second kappa shape index (κ2) is 15.2. The van der Waals surface area contributed by atoms with Gasteiger partial charge < -0.3 is 0 Å². The van der Waals surface area contributed by atoms with Crippen LogP contribution in [0.25, 0.3) is 61.4 Å². The topological polar surface area (TPSA) is 38.7 Å². The fourth-order valence-electron chi connectivity index (χ4n) is 10.1. The van der Waals surface area contributed by atoms with Crippen LogP contribution in [0.5, 0.6) is 0 Å². The van der Waals surface area contributed by atoms with E-state index in [1.807, 2.05) is 32.1 Å². The lowest BCUT2D eigenvalue weighted by atomic mass is 9.67. The van der Waals surface area contributed by atoms with E-state index in [1.165, 1.54) is 66.4 Å². The van der Waals surface area contributed by atoms with Crippen molar-refractivity contribution in [2.45, 2.75) is 38.5 Å². The van der Waals surface area contributed by atoms with Crippen molar-refractivity contribution in [3.8, 4) is 45.0 Å². The van der Waals surface area contributed by atoms with Gasteiger partial charge in [-0.05, 0) is 98.0 Å². The normalized spacial score (nSPS) is 14.6. The van der Waals surface area contributed by atoms with E-state index in [0.717, 1.165) is 27.8 Å². The van der Waals surface area contributed by atoms with E-state index in [-0.39, 0.29) is 5.41 Å². The third-order valence-corrected chi connectivity index (χ3v) is 12.9. The highest BCUT2D eigenvalue weighted by Gasteiger charge is 2.46. The van der Waals surface area contributed by atoms with E-state index < -0.39 is 5.41 Å². The molecule has 7 aromatic carbocycles. The molecular weight excluding hydrogens is 751 g/mol. The predicted octanol–water partition coefficient (Wildman–Crippen LogP) is 14.7. The van der Waals surface area contributed by atoms with Crippen LogP contribution < -0.4 is 0 Å². The van der Waals surface area contributed by atoms with Crippen LogP contribution in [-0.4, -0.2) is 15.0 Å². The summed E-state index contributed by atoms with van der Waals surface area (Å²) in [5.74, 6) is 1.79. The van der Waals surface area contributed by atoms with Gasteiger partial charge in [-0.3, -0.25) is 0 Å². The molecule has 2 aliphatic rings. The monoisotopic (exact) mass is 797 g/mol. The lowest BCUT2D eigenvalue weighted by Gasteiger charge is -2.34. The Hall–Kier alpha value is -7.49. The van der Waals surface area contributed by atoms with Crippen LogP contribution in [0.4, 0.5) is 0 Å². The van der Waals surface area contributed by atoms with Gasteiger partial charge >= 0.3 is 0 Å². The second-order valence-corrected chi connectivity index (χ2v) is 16.9. The first kappa shape index (κ1) is 38.7. The van der Waals surface area contributed by atoms with Crippen molar-refractivity contribution in [3.63, 3.8) is 0 Å². The molecular formula is C59H47N3. The maximum absolute atomic E-state index is 5.40. The highest BCUT2D eigenvalue weighted by atomic mass is 15.0. The van der Waals surface area contributed by atoms with Crippen LogP contribution in [0.2, 0.25) is 0 Å². The summed E-state index contributed by atoms with van der Waals surface area (Å²) < 4.78 is 0. The average molecular weight is 798 g/mol. The molecule has 62 heavy (non-hydrogen) atoms. The van der Waals surface area contributed by atoms with Crippen molar-refractivity contribution in [2.24, 2.45) is 0 Å². The van der Waals surface area contributed by atoms with E-state index in [9.17, 15) is 0 Å². The number of fused-ring (bicyclic) bond motifs is 8. The van der Waals surface area contributed by atoms with Crippen LogP contribution in [-0.2, 0) is 10.8 Å². The maximum atomic E-state index is 5.40. The van der Waals surface area contributed by atoms with E-state index in [2.05, 4.69) is 191 Å². The molecule has 0 bridgehead atoms. The van der Waals surface area contributed by atoms with Crippen LogP contribution in [0.1, 0.15) is 66.9 Å². The smallest absolute Gasteiger partial charge is 0.164 e. The summed E-state index contributed by atoms with van der Waals surface area (Å²) in [6.07, 6.45) is 9.86. The highest BCUT2D eigenvalue weighted by Crippen LogP contribution is 2.57. The van der Waals surface area contributed by atoms with Crippen molar-refractivity contribution >= 4 is 16.3 Å². The maximum Gasteiger partial charge on any atom is 0.164 e. The van der Waals surface area contributed by atoms with Gasteiger partial charge in [-0.1, -0.05) is 209 Å². The molecule has 10 rings (SSSR count). The molecule has 3 heteroatoms. The molecule has 1 heterocycles. The Labute approximate surface area is 364 Å². The van der Waals surface area contributed by atoms with Gasteiger partial charge in [0.2, 0.25) is 0 Å². The minimum Gasteiger partial charge on any atom is -0.208 e. The van der Waals surface area contributed by atoms with Gasteiger partial charge in [0.15, 0.2) is 17.5 Å². The largest absolute Gasteiger partial charge is 0.208 e. The summed E-state index contributed by atoms with van der Waals surface area (Å²) in [5, 5.41) is 2.52. The zero-order valence-electron chi connectivity index (χ0n) is 35.7. The first-order valence-corrected chi connectivity index (χ1v) is 21.4. The number of aromatic nitrogens is 3. The minimum atomic E-state index is -0.563. The molecule has 0 unspecified atom stereocenters. The molecule has 0 saturated heterocycles. The molecule has 0 fully saturated rings. The second-order valence-electron chi connectivity index (χ2n) is 16.9. The molecule has 1 aromatic heterocycles. The van der Waals surface area contributed by atoms with Crippen molar-refractivity contribution < 1.29 is 0 Å². The Morgan fingerprint density at radius 3 is 1.82 bits per heavy atom. The van der Waals surface area contributed by atoms with Gasteiger partial charge in [0.25, 0.3) is 0 Å². The molecule has 298 valence electrons. The van der Waals surface area contributed by atoms with E-state index >= 15 is 0 Å². The van der Waals surface area contributed by atoms with Gasteiger partial charge in [0.05, 0.1) is 5.41 Å². The van der Waals surface area contributed by atoms with E-state index in [0.29, 0.717) is 17.5 Å². The van der Waals surface area contributed by atoms with Crippen molar-refractivity contribution in [1.82, 2.24) is 15.0 Å². The Morgan fingerprint density at radius 2 is 1.16 bits per heavy atom. The molecule has 2 aliphatic carbocycles. The van der Waals surface area contributed by atoms with Crippen LogP contribution in [0.15, 0.2) is 212 Å². The first-order valence-electron chi connectivity index (χ1n) is 21.4. The Bertz CT molecular complexity index is 3160. The lowest BCUT2D eigenvalue weighted by molar-refractivity contribution is 0.661. The van der Waals surface area contributed by atoms with Crippen LogP contribution >= 0.6 is 0 Å². The Morgan fingerprint density at radius 1 is 0.565 bits per heavy atom. The predicted molar refractivity (Wildman–Crippen MR) is 259 cm³/mol. The minimum absolute atomic E-state index is 0.227. The third kappa shape index (κ3) is 5.99. The molecule has 0 amide bonds. The lowest BCUT2D eigenvalue weighted by Crippen LogP contribution is -2.28. The van der Waals surface area contributed by atoms with E-state index in [4.69, 9.17) is 15.0 Å². The Balaban J connectivity index is 1.23. The summed E-state index contributed by atoms with van der Waals surface area (Å²) in [6, 6.07) is 57.4. The molecule has 0 radical (unpaired) electrons. The summed E-state index contributed by atoms with van der Waals surface area (Å²) in [7, 11) is 0. The molecule has 3 nitrogen and oxygen atoms in total. The number of rotatable bonds is 9. The Kier molecular flexibility index (Phi) is 9.49. The molecule has 0 aliphatic heterocycles. The number of nitrogens with zero attached hydrogens (tertiary/aromatic N) is 3. The zero-order chi connectivity index (χ0) is 42.6. The zero-order valence-corrected chi connectivity index (χ0v) is 35.7. The number of allylic oxidation sites excluding steroid dienone is 8. The van der Waals surface area contributed by atoms with Crippen molar-refractivity contribution in [2.75, 3.05) is 0 Å². The molecule has 0 atom stereocenters. The standard InChI is InChI=1S/C59H47N3/c1-7-9-26-44(38(3)4)48(20-8-2)57-61-55(40-31-34-49-52(36-40)58(5,6)51-35-32-39-21-16-17-27-45(39)54(49)51)60-56(62-57)41-30-33-47-46-28-18-19-29-50(46)59(53(47)37-41,42-22-12-10-13-23-42)43-24-14-11-15-25-43/h7-37H,1,3H2,2,4-6H3/b20-8-,26-9-,48-44+.